The molecule has 0 heterocycles. The van der Waals surface area contributed by atoms with Crippen molar-refractivity contribution in [2.45, 2.75) is 45.6 Å². The molecule has 1 nitrogen and oxygen atoms in total. The average molecular weight is 210 g/mol. The van der Waals surface area contributed by atoms with Crippen LogP contribution in [0.5, 0.6) is 5.75 Å². The standard InChI is InChI=1S/C12H18OS/c1-7(2)13-11-6-8(3)12(14)10(5)9(11)4/h6-7,14H,1-5H3. The Bertz CT molecular complexity index is 343. The summed E-state index contributed by atoms with van der Waals surface area (Å²) in [5.74, 6) is 0.979. The predicted molar refractivity (Wildman–Crippen MR) is 63.7 cm³/mol. The van der Waals surface area contributed by atoms with Crippen molar-refractivity contribution < 1.29 is 4.74 Å². The number of hydrogen-bond donors (Lipinski definition) is 1. The van der Waals surface area contributed by atoms with E-state index in [-0.39, 0.29) is 6.10 Å². The molecule has 0 spiro atoms. The maximum absolute atomic E-state index is 5.73. The number of rotatable bonds is 2. The van der Waals surface area contributed by atoms with E-state index >= 15 is 0 Å². The molecule has 0 aliphatic rings. The summed E-state index contributed by atoms with van der Waals surface area (Å²) in [4.78, 5) is 1.07. The minimum atomic E-state index is 0.221. The summed E-state index contributed by atoms with van der Waals surface area (Å²) in [5, 5.41) is 0. The minimum Gasteiger partial charge on any atom is -0.491 e. The highest BCUT2D eigenvalue weighted by Gasteiger charge is 2.09. The number of thiol groups is 1. The van der Waals surface area contributed by atoms with Gasteiger partial charge in [0.1, 0.15) is 5.75 Å². The fourth-order valence-electron chi connectivity index (χ4n) is 1.41. The smallest absolute Gasteiger partial charge is 0.123 e. The molecule has 1 aromatic carbocycles. The van der Waals surface area contributed by atoms with Crippen LogP contribution in [-0.4, -0.2) is 6.10 Å². The fraction of sp³-hybridized carbons (Fsp3) is 0.500. The average Bonchev–Trinajstić information content (AvgIpc) is 2.10. The quantitative estimate of drug-likeness (QED) is 0.732. The van der Waals surface area contributed by atoms with Gasteiger partial charge in [0.15, 0.2) is 0 Å². The monoisotopic (exact) mass is 210 g/mol. The second-order valence-corrected chi connectivity index (χ2v) is 4.40. The summed E-state index contributed by atoms with van der Waals surface area (Å²) >= 11 is 4.46. The van der Waals surface area contributed by atoms with E-state index in [1.54, 1.807) is 0 Å². The molecule has 0 N–H and O–H groups in total. The highest BCUT2D eigenvalue weighted by molar-refractivity contribution is 7.80. The lowest BCUT2D eigenvalue weighted by atomic mass is 10.1. The Balaban J connectivity index is 3.19. The van der Waals surface area contributed by atoms with E-state index in [2.05, 4.69) is 39.5 Å². The number of aryl methyl sites for hydroxylation is 1. The molecule has 2 heteroatoms. The SMILES string of the molecule is Cc1cc(OC(C)C)c(C)c(C)c1S. The van der Waals surface area contributed by atoms with Crippen LogP contribution in [0.2, 0.25) is 0 Å². The fourth-order valence-corrected chi connectivity index (χ4v) is 1.64. The zero-order valence-corrected chi connectivity index (χ0v) is 10.4. The Hall–Kier alpha value is -0.630. The van der Waals surface area contributed by atoms with Crippen LogP contribution < -0.4 is 4.74 Å². The van der Waals surface area contributed by atoms with Crippen LogP contribution in [0.4, 0.5) is 0 Å². The first-order valence-corrected chi connectivity index (χ1v) is 5.34. The first-order chi connectivity index (χ1) is 6.43. The molecule has 14 heavy (non-hydrogen) atoms. The lowest BCUT2D eigenvalue weighted by Gasteiger charge is -2.16. The van der Waals surface area contributed by atoms with Crippen molar-refractivity contribution in [3.05, 3.63) is 22.8 Å². The number of benzene rings is 1. The van der Waals surface area contributed by atoms with Crippen LogP contribution in [0, 0.1) is 20.8 Å². The molecule has 0 saturated carbocycles. The third-order valence-electron chi connectivity index (χ3n) is 2.37. The highest BCUT2D eigenvalue weighted by atomic mass is 32.1. The molecule has 0 amide bonds. The molecular weight excluding hydrogens is 192 g/mol. The Morgan fingerprint density at radius 3 is 2.21 bits per heavy atom. The molecule has 1 aromatic rings. The van der Waals surface area contributed by atoms with Crippen LogP contribution >= 0.6 is 12.6 Å². The summed E-state index contributed by atoms with van der Waals surface area (Å²) in [7, 11) is 0. The highest BCUT2D eigenvalue weighted by Crippen LogP contribution is 2.30. The molecule has 0 radical (unpaired) electrons. The van der Waals surface area contributed by atoms with Crippen molar-refractivity contribution in [1.29, 1.82) is 0 Å². The second-order valence-electron chi connectivity index (χ2n) is 3.96. The Kier molecular flexibility index (Phi) is 3.48. The van der Waals surface area contributed by atoms with Gasteiger partial charge in [0.25, 0.3) is 0 Å². The van der Waals surface area contributed by atoms with E-state index in [9.17, 15) is 0 Å². The van der Waals surface area contributed by atoms with Gasteiger partial charge in [-0.25, -0.2) is 0 Å². The summed E-state index contributed by atoms with van der Waals surface area (Å²) in [6.07, 6.45) is 0.221. The van der Waals surface area contributed by atoms with E-state index in [0.29, 0.717) is 0 Å². The maximum Gasteiger partial charge on any atom is 0.123 e. The van der Waals surface area contributed by atoms with Gasteiger partial charge in [-0.05, 0) is 57.4 Å². The van der Waals surface area contributed by atoms with Crippen molar-refractivity contribution >= 4 is 12.6 Å². The third kappa shape index (κ3) is 2.24. The molecule has 0 bridgehead atoms. The molecule has 0 saturated heterocycles. The summed E-state index contributed by atoms with van der Waals surface area (Å²) in [6, 6.07) is 2.06. The van der Waals surface area contributed by atoms with Crippen molar-refractivity contribution in [2.24, 2.45) is 0 Å². The molecule has 0 fully saturated rings. The van der Waals surface area contributed by atoms with Gasteiger partial charge in [0.05, 0.1) is 6.10 Å². The lowest BCUT2D eigenvalue weighted by molar-refractivity contribution is 0.240. The zero-order chi connectivity index (χ0) is 10.9. The van der Waals surface area contributed by atoms with E-state index in [1.165, 1.54) is 16.7 Å². The zero-order valence-electron chi connectivity index (χ0n) is 9.51. The van der Waals surface area contributed by atoms with Crippen LogP contribution in [0.15, 0.2) is 11.0 Å². The van der Waals surface area contributed by atoms with Crippen LogP contribution in [0.3, 0.4) is 0 Å². The molecular formula is C12H18OS. The molecule has 0 atom stereocenters. The van der Waals surface area contributed by atoms with E-state index in [4.69, 9.17) is 4.74 Å². The van der Waals surface area contributed by atoms with E-state index in [1.807, 2.05) is 13.8 Å². The first-order valence-electron chi connectivity index (χ1n) is 4.90. The Morgan fingerprint density at radius 1 is 1.14 bits per heavy atom. The molecule has 0 aliphatic heterocycles. The van der Waals surface area contributed by atoms with Gasteiger partial charge < -0.3 is 4.74 Å². The summed E-state index contributed by atoms with van der Waals surface area (Å²) in [5.41, 5.74) is 3.57. The predicted octanol–water partition coefficient (Wildman–Crippen LogP) is 3.69. The van der Waals surface area contributed by atoms with Gasteiger partial charge in [0, 0.05) is 4.90 Å². The van der Waals surface area contributed by atoms with Crippen LogP contribution in [-0.2, 0) is 0 Å². The van der Waals surface area contributed by atoms with Gasteiger partial charge >= 0.3 is 0 Å². The normalized spacial score (nSPS) is 10.8. The van der Waals surface area contributed by atoms with Crippen molar-refractivity contribution in [2.75, 3.05) is 0 Å². The number of hydrogen-bond acceptors (Lipinski definition) is 2. The lowest BCUT2D eigenvalue weighted by Crippen LogP contribution is -2.07. The van der Waals surface area contributed by atoms with Gasteiger partial charge in [-0.2, -0.15) is 0 Å². The summed E-state index contributed by atoms with van der Waals surface area (Å²) in [6.45, 7) is 10.3. The Labute approximate surface area is 91.9 Å². The van der Waals surface area contributed by atoms with Gasteiger partial charge in [0.2, 0.25) is 0 Å². The third-order valence-corrected chi connectivity index (χ3v) is 3.06. The van der Waals surface area contributed by atoms with Gasteiger partial charge in [-0.3, -0.25) is 0 Å². The minimum absolute atomic E-state index is 0.221. The van der Waals surface area contributed by atoms with Crippen molar-refractivity contribution in [3.8, 4) is 5.75 Å². The molecule has 1 rings (SSSR count). The van der Waals surface area contributed by atoms with Crippen molar-refractivity contribution in [1.82, 2.24) is 0 Å². The van der Waals surface area contributed by atoms with Gasteiger partial charge in [-0.1, -0.05) is 0 Å². The molecule has 0 aromatic heterocycles. The molecule has 0 unspecified atom stereocenters. The van der Waals surface area contributed by atoms with Gasteiger partial charge in [-0.15, -0.1) is 12.6 Å². The van der Waals surface area contributed by atoms with E-state index < -0.39 is 0 Å². The van der Waals surface area contributed by atoms with Crippen LogP contribution in [0.1, 0.15) is 30.5 Å². The largest absolute Gasteiger partial charge is 0.491 e. The Morgan fingerprint density at radius 2 is 1.71 bits per heavy atom. The topological polar surface area (TPSA) is 9.23 Å². The van der Waals surface area contributed by atoms with Crippen molar-refractivity contribution in [3.63, 3.8) is 0 Å². The second kappa shape index (κ2) is 4.26. The maximum atomic E-state index is 5.73. The van der Waals surface area contributed by atoms with E-state index in [0.717, 1.165) is 10.6 Å². The number of ether oxygens (including phenoxy) is 1. The molecule has 0 aliphatic carbocycles. The summed E-state index contributed by atoms with van der Waals surface area (Å²) < 4.78 is 5.73. The first kappa shape index (κ1) is 11.4. The molecule has 78 valence electrons. The van der Waals surface area contributed by atoms with Crippen LogP contribution in [0.25, 0.3) is 0 Å².